The Morgan fingerprint density at radius 2 is 1.69 bits per heavy atom. The van der Waals surface area contributed by atoms with Gasteiger partial charge < -0.3 is 19.6 Å². The number of likely N-dealkylation sites (N-methyl/N-ethyl adjacent to an activating group) is 1. The molecule has 2 aromatic heterocycles. The largest absolute Gasteiger partial charge is 0.459 e. The molecule has 1 aromatic carbocycles. The number of carbonyl (C=O) groups is 2. The van der Waals surface area contributed by atoms with E-state index in [1.54, 1.807) is 12.1 Å². The second-order valence-electron chi connectivity index (χ2n) is 10.5. The highest BCUT2D eigenvalue weighted by Gasteiger charge is 2.58. The zero-order valence-electron chi connectivity index (χ0n) is 20.6. The third-order valence-corrected chi connectivity index (χ3v) is 9.89. The number of nitrogens with one attached hydrogen (secondary N) is 1. The molecule has 2 unspecified atom stereocenters. The maximum atomic E-state index is 13.5. The van der Waals surface area contributed by atoms with Crippen LogP contribution in [0, 0.1) is 11.8 Å². The second kappa shape index (κ2) is 10.1. The van der Waals surface area contributed by atoms with Crippen LogP contribution >= 0.6 is 22.7 Å². The molecule has 0 radical (unpaired) electrons. The van der Waals surface area contributed by atoms with Crippen LogP contribution in [0.25, 0.3) is 0 Å². The van der Waals surface area contributed by atoms with Crippen molar-refractivity contribution in [3.8, 4) is 0 Å². The van der Waals surface area contributed by atoms with E-state index in [0.717, 1.165) is 30.3 Å². The van der Waals surface area contributed by atoms with Gasteiger partial charge >= 0.3 is 5.97 Å². The molecular weight excluding hydrogens is 492 g/mol. The van der Waals surface area contributed by atoms with Crippen LogP contribution in [0.2, 0.25) is 0 Å². The summed E-state index contributed by atoms with van der Waals surface area (Å²) in [6.45, 7) is 1.38. The first-order valence-electron chi connectivity index (χ1n) is 12.5. The zero-order valence-corrected chi connectivity index (χ0v) is 22.3. The fourth-order valence-corrected chi connectivity index (χ4v) is 7.99. The molecule has 2 bridgehead atoms. The lowest BCUT2D eigenvalue weighted by Crippen LogP contribution is -2.55. The van der Waals surface area contributed by atoms with Gasteiger partial charge in [0.1, 0.15) is 6.10 Å². The molecule has 1 amide bonds. The van der Waals surface area contributed by atoms with Crippen molar-refractivity contribution in [1.82, 2.24) is 5.32 Å². The van der Waals surface area contributed by atoms with Crippen molar-refractivity contribution >= 4 is 34.6 Å². The predicted octanol–water partition coefficient (Wildman–Crippen LogP) is 4.26. The highest BCUT2D eigenvalue weighted by atomic mass is 32.1. The van der Waals surface area contributed by atoms with E-state index in [1.165, 1.54) is 22.7 Å². The van der Waals surface area contributed by atoms with E-state index in [4.69, 9.17) is 4.74 Å². The van der Waals surface area contributed by atoms with Gasteiger partial charge in [-0.05, 0) is 54.3 Å². The molecule has 2 heterocycles. The lowest BCUT2D eigenvalue weighted by atomic mass is 9.96. The van der Waals surface area contributed by atoms with Crippen molar-refractivity contribution < 1.29 is 23.9 Å². The maximum Gasteiger partial charge on any atom is 0.349 e. The molecule has 2 saturated carbocycles. The Bertz CT molecular complexity index is 1140. The summed E-state index contributed by atoms with van der Waals surface area (Å²) in [5.74, 6) is 0.0706. The van der Waals surface area contributed by atoms with Crippen molar-refractivity contribution in [1.29, 1.82) is 0 Å². The van der Waals surface area contributed by atoms with Gasteiger partial charge in [0.05, 0.1) is 43.0 Å². The van der Waals surface area contributed by atoms with Gasteiger partial charge in [-0.1, -0.05) is 30.3 Å². The Kier molecular flexibility index (Phi) is 7.05. The standard InChI is InChI=1S/C28H32N2O4S2/c1-30(2,15-14-29-26(31)19-8-4-3-5-9-19)25-20-12-13-21(25)22(18-20)34-27(32)28(33,23-10-6-16-35-23)24-11-7-17-36-24/h3-11,16-17,20-22,25,33H,12-15,18H2,1-2H3/p+1/t20?,21-,22-,25?/m1/s1. The number of quaternary nitrogens is 1. The maximum absolute atomic E-state index is 13.5. The van der Waals surface area contributed by atoms with Crippen molar-refractivity contribution in [2.75, 3.05) is 27.2 Å². The summed E-state index contributed by atoms with van der Waals surface area (Å²) in [7, 11) is 4.42. The van der Waals surface area contributed by atoms with Crippen molar-refractivity contribution in [2.24, 2.45) is 11.8 Å². The van der Waals surface area contributed by atoms with Gasteiger partial charge in [0.25, 0.3) is 5.91 Å². The Morgan fingerprint density at radius 3 is 2.31 bits per heavy atom. The quantitative estimate of drug-likeness (QED) is 0.323. The van der Waals surface area contributed by atoms with Gasteiger partial charge in [-0.15, -0.1) is 22.7 Å². The third kappa shape index (κ3) is 4.63. The number of aliphatic hydroxyl groups is 1. The number of hydrogen-bond donors (Lipinski definition) is 2. The number of nitrogens with zero attached hydrogens (tertiary/aromatic N) is 1. The summed E-state index contributed by atoms with van der Waals surface area (Å²) in [5, 5.41) is 18.4. The van der Waals surface area contributed by atoms with Crippen molar-refractivity contribution in [2.45, 2.75) is 37.0 Å². The summed E-state index contributed by atoms with van der Waals surface area (Å²) in [5.41, 5.74) is -1.11. The predicted molar refractivity (Wildman–Crippen MR) is 142 cm³/mol. The molecule has 6 nitrogen and oxygen atoms in total. The van der Waals surface area contributed by atoms with E-state index >= 15 is 0 Å². The minimum absolute atomic E-state index is 0.0572. The van der Waals surface area contributed by atoms with Crippen LogP contribution in [0.15, 0.2) is 65.4 Å². The lowest BCUT2D eigenvalue weighted by molar-refractivity contribution is -0.918. The number of hydrogen-bond acceptors (Lipinski definition) is 6. The van der Waals surface area contributed by atoms with Crippen molar-refractivity contribution in [3.63, 3.8) is 0 Å². The summed E-state index contributed by atoms with van der Waals surface area (Å²) >= 11 is 2.72. The topological polar surface area (TPSA) is 75.6 Å². The molecule has 3 aromatic rings. The highest BCUT2D eigenvalue weighted by Crippen LogP contribution is 2.51. The number of benzene rings is 1. The number of thiophene rings is 2. The molecule has 36 heavy (non-hydrogen) atoms. The van der Waals surface area contributed by atoms with Crippen LogP contribution in [0.5, 0.6) is 0 Å². The summed E-state index contributed by atoms with van der Waals surface area (Å²) in [6.07, 6.45) is 2.76. The normalized spacial score (nSPS) is 23.5. The van der Waals surface area contributed by atoms with Gasteiger partial charge in [-0.25, -0.2) is 4.79 Å². The van der Waals surface area contributed by atoms with Crippen LogP contribution in [0.3, 0.4) is 0 Å². The fourth-order valence-electron chi connectivity index (χ4n) is 6.27. The third-order valence-electron chi connectivity index (χ3n) is 7.93. The van der Waals surface area contributed by atoms with E-state index in [1.807, 2.05) is 53.2 Å². The van der Waals surface area contributed by atoms with E-state index in [9.17, 15) is 14.7 Å². The van der Waals surface area contributed by atoms with E-state index in [2.05, 4.69) is 19.4 Å². The molecule has 0 spiro atoms. The molecule has 190 valence electrons. The number of rotatable bonds is 9. The van der Waals surface area contributed by atoms with Gasteiger partial charge in [0, 0.05) is 17.4 Å². The van der Waals surface area contributed by atoms with E-state index in [0.29, 0.717) is 33.8 Å². The molecule has 8 heteroatoms. The molecular formula is C28H33N2O4S2+. The van der Waals surface area contributed by atoms with E-state index < -0.39 is 11.6 Å². The van der Waals surface area contributed by atoms with Crippen LogP contribution in [-0.4, -0.2) is 60.8 Å². The Labute approximate surface area is 220 Å². The Hall–Kier alpha value is -2.52. The van der Waals surface area contributed by atoms with Crippen LogP contribution in [0.4, 0.5) is 0 Å². The minimum atomic E-state index is -1.77. The summed E-state index contributed by atoms with van der Waals surface area (Å²) in [6, 6.07) is 16.9. The second-order valence-corrected chi connectivity index (χ2v) is 12.4. The molecule has 2 fully saturated rings. The van der Waals surface area contributed by atoms with Crippen molar-refractivity contribution in [3.05, 3.63) is 80.7 Å². The molecule has 0 aliphatic heterocycles. The first-order valence-corrected chi connectivity index (χ1v) is 14.2. The number of carbonyl (C=O) groups excluding carboxylic acids is 2. The van der Waals surface area contributed by atoms with Gasteiger partial charge in [-0.3, -0.25) is 4.79 Å². The van der Waals surface area contributed by atoms with Gasteiger partial charge in [-0.2, -0.15) is 0 Å². The molecule has 5 rings (SSSR count). The van der Waals surface area contributed by atoms with Gasteiger partial charge in [0.15, 0.2) is 0 Å². The summed E-state index contributed by atoms with van der Waals surface area (Å²) < 4.78 is 6.89. The number of amides is 1. The average molecular weight is 526 g/mol. The monoisotopic (exact) mass is 525 g/mol. The van der Waals surface area contributed by atoms with E-state index in [-0.39, 0.29) is 17.9 Å². The smallest absolute Gasteiger partial charge is 0.349 e. The molecule has 2 N–H and O–H groups in total. The number of fused-ring (bicyclic) bond motifs is 2. The van der Waals surface area contributed by atoms with Gasteiger partial charge in [0.2, 0.25) is 5.60 Å². The minimum Gasteiger partial charge on any atom is -0.459 e. The number of esters is 1. The van der Waals surface area contributed by atoms with Crippen LogP contribution in [-0.2, 0) is 15.1 Å². The van der Waals surface area contributed by atoms with Crippen LogP contribution < -0.4 is 5.32 Å². The average Bonchev–Trinajstić information content (AvgIpc) is 3.68. The summed E-state index contributed by atoms with van der Waals surface area (Å²) in [4.78, 5) is 27.1. The first kappa shape index (κ1) is 25.1. The molecule has 4 atom stereocenters. The first-order chi connectivity index (χ1) is 17.3. The molecule has 0 saturated heterocycles. The highest BCUT2D eigenvalue weighted by molar-refractivity contribution is 7.12. The fraction of sp³-hybridized carbons (Fsp3) is 0.429. The SMILES string of the molecule is C[N+](C)(CCNC(=O)c1ccccc1)C1C2CC[C@@H]1[C@H](OC(=O)C(O)(c1cccs1)c1cccs1)C2. The Morgan fingerprint density at radius 1 is 1.03 bits per heavy atom. The Balaban J connectivity index is 1.25. The molecule has 2 aliphatic rings. The molecule has 2 aliphatic carbocycles. The zero-order chi connectivity index (χ0) is 25.3. The lowest BCUT2D eigenvalue weighted by Gasteiger charge is -2.39. The van der Waals surface area contributed by atoms with Crippen LogP contribution in [0.1, 0.15) is 39.4 Å². The number of ether oxygens (including phenoxy) is 1.